The van der Waals surface area contributed by atoms with E-state index in [4.69, 9.17) is 0 Å². The van der Waals surface area contributed by atoms with Crippen molar-refractivity contribution in [2.24, 2.45) is 10.9 Å². The van der Waals surface area contributed by atoms with Crippen LogP contribution in [-0.4, -0.2) is 61.6 Å². The van der Waals surface area contributed by atoms with Gasteiger partial charge in [0.1, 0.15) is 11.6 Å². The average molecular weight is 494 g/mol. The molecule has 0 radical (unpaired) electrons. The van der Waals surface area contributed by atoms with Crippen LogP contribution in [0.4, 0.5) is 8.78 Å². The van der Waals surface area contributed by atoms with Crippen LogP contribution in [0.1, 0.15) is 32.8 Å². The first kappa shape index (κ1) is 24.1. The van der Waals surface area contributed by atoms with E-state index in [1.54, 1.807) is 0 Å². The molecule has 0 aliphatic carbocycles. The molecule has 1 unspecified atom stereocenters. The summed E-state index contributed by atoms with van der Waals surface area (Å²) in [5, 5.41) is 3.34. The first-order valence-electron chi connectivity index (χ1n) is 9.76. The van der Waals surface area contributed by atoms with Crippen LogP contribution in [0.2, 0.25) is 0 Å². The van der Waals surface area contributed by atoms with Gasteiger partial charge in [0.15, 0.2) is 5.96 Å². The van der Waals surface area contributed by atoms with Crippen molar-refractivity contribution in [1.29, 1.82) is 0 Å². The summed E-state index contributed by atoms with van der Waals surface area (Å²) in [4.78, 5) is 9.44. The second-order valence-corrected chi connectivity index (χ2v) is 6.81. The lowest BCUT2D eigenvalue weighted by molar-refractivity contribution is 0.255. The molecule has 1 N–H and O–H groups in total. The monoisotopic (exact) mass is 494 g/mol. The van der Waals surface area contributed by atoms with E-state index in [0.717, 1.165) is 51.3 Å². The molecule has 1 heterocycles. The number of hydrogen-bond donors (Lipinski definition) is 1. The average Bonchev–Trinajstić information content (AvgIpc) is 3.09. The summed E-state index contributed by atoms with van der Waals surface area (Å²) < 4.78 is 26.7. The molecule has 1 fully saturated rings. The highest BCUT2D eigenvalue weighted by Crippen LogP contribution is 2.18. The van der Waals surface area contributed by atoms with Crippen LogP contribution in [0, 0.1) is 17.6 Å². The van der Waals surface area contributed by atoms with Crippen LogP contribution in [0.5, 0.6) is 0 Å². The van der Waals surface area contributed by atoms with Crippen LogP contribution in [0.3, 0.4) is 0 Å². The number of nitrogens with zero attached hydrogens (tertiary/aromatic N) is 3. The van der Waals surface area contributed by atoms with Crippen molar-refractivity contribution in [3.8, 4) is 0 Å². The Morgan fingerprint density at radius 3 is 2.63 bits per heavy atom. The van der Waals surface area contributed by atoms with E-state index in [0.29, 0.717) is 24.4 Å². The van der Waals surface area contributed by atoms with Gasteiger partial charge in [0, 0.05) is 38.8 Å². The van der Waals surface area contributed by atoms with Crippen molar-refractivity contribution in [3.63, 3.8) is 0 Å². The second-order valence-electron chi connectivity index (χ2n) is 6.81. The Morgan fingerprint density at radius 2 is 2.00 bits per heavy atom. The fraction of sp³-hybridized carbons (Fsp3) is 0.650. The molecule has 1 saturated heterocycles. The van der Waals surface area contributed by atoms with E-state index < -0.39 is 11.6 Å². The van der Waals surface area contributed by atoms with Gasteiger partial charge in [-0.1, -0.05) is 19.9 Å². The van der Waals surface area contributed by atoms with Gasteiger partial charge in [-0.3, -0.25) is 4.99 Å². The normalized spacial score (nSPS) is 17.3. The Labute approximate surface area is 179 Å². The van der Waals surface area contributed by atoms with E-state index in [2.05, 4.69) is 40.9 Å². The van der Waals surface area contributed by atoms with E-state index in [9.17, 15) is 8.78 Å². The molecular formula is C20H33F2IN4. The van der Waals surface area contributed by atoms with Gasteiger partial charge in [0.25, 0.3) is 0 Å². The highest BCUT2D eigenvalue weighted by Gasteiger charge is 2.25. The Bertz CT molecular complexity index is 593. The molecule has 1 aliphatic rings. The summed E-state index contributed by atoms with van der Waals surface area (Å²) in [6.07, 6.45) is 1.64. The molecule has 2 rings (SSSR count). The lowest BCUT2D eigenvalue weighted by Gasteiger charge is -2.24. The summed E-state index contributed by atoms with van der Waals surface area (Å²) in [7, 11) is 0. The molecule has 1 aromatic carbocycles. The van der Waals surface area contributed by atoms with Crippen molar-refractivity contribution in [2.75, 3.05) is 45.8 Å². The molecule has 1 aromatic rings. The van der Waals surface area contributed by atoms with Gasteiger partial charge in [0.2, 0.25) is 0 Å². The minimum Gasteiger partial charge on any atom is -0.357 e. The van der Waals surface area contributed by atoms with Crippen molar-refractivity contribution < 1.29 is 8.78 Å². The van der Waals surface area contributed by atoms with Crippen LogP contribution >= 0.6 is 24.0 Å². The van der Waals surface area contributed by atoms with Crippen molar-refractivity contribution in [2.45, 2.75) is 33.6 Å². The van der Waals surface area contributed by atoms with E-state index in [-0.39, 0.29) is 24.0 Å². The molecule has 1 aliphatic heterocycles. The molecule has 0 amide bonds. The lowest BCUT2D eigenvalue weighted by Crippen LogP contribution is -2.41. The molecule has 0 aromatic heterocycles. The summed E-state index contributed by atoms with van der Waals surface area (Å²) in [5.74, 6) is 0.524. The molecular weight excluding hydrogens is 461 g/mol. The molecule has 4 nitrogen and oxygen atoms in total. The zero-order valence-corrected chi connectivity index (χ0v) is 19.0. The van der Waals surface area contributed by atoms with Crippen LogP contribution in [0.15, 0.2) is 23.2 Å². The standard InChI is InChI=1S/C20H32F2N4.HI/c1-4-23-20(24-11-9-17-7-8-18(21)13-19(17)22)26-12-10-16(15-26)14-25(5-2)6-3;/h7-8,13,16H,4-6,9-12,14-15H2,1-3H3,(H,23,24);1H. The third kappa shape index (κ3) is 7.52. The Hall–Kier alpha value is -0.960. The molecule has 154 valence electrons. The Morgan fingerprint density at radius 1 is 1.26 bits per heavy atom. The number of rotatable bonds is 8. The quantitative estimate of drug-likeness (QED) is 0.339. The first-order valence-corrected chi connectivity index (χ1v) is 9.76. The van der Waals surface area contributed by atoms with Gasteiger partial charge in [-0.05, 0) is 50.4 Å². The number of nitrogens with one attached hydrogen (secondary N) is 1. The number of likely N-dealkylation sites (tertiary alicyclic amines) is 1. The van der Waals surface area contributed by atoms with Gasteiger partial charge >= 0.3 is 0 Å². The number of benzene rings is 1. The van der Waals surface area contributed by atoms with Gasteiger partial charge in [0.05, 0.1) is 0 Å². The largest absolute Gasteiger partial charge is 0.357 e. The van der Waals surface area contributed by atoms with Gasteiger partial charge in [-0.15, -0.1) is 24.0 Å². The van der Waals surface area contributed by atoms with Crippen LogP contribution < -0.4 is 5.32 Å². The zero-order valence-electron chi connectivity index (χ0n) is 16.7. The highest BCUT2D eigenvalue weighted by molar-refractivity contribution is 14.0. The molecule has 0 spiro atoms. The zero-order chi connectivity index (χ0) is 18.9. The first-order chi connectivity index (χ1) is 12.6. The smallest absolute Gasteiger partial charge is 0.193 e. The van der Waals surface area contributed by atoms with Gasteiger partial charge in [-0.25, -0.2) is 8.78 Å². The SMILES string of the molecule is CCNC(=NCCc1ccc(F)cc1F)N1CCC(CN(CC)CC)C1.I. The summed E-state index contributed by atoms with van der Waals surface area (Å²) >= 11 is 0. The third-order valence-electron chi connectivity index (χ3n) is 4.99. The van der Waals surface area contributed by atoms with Gasteiger partial charge < -0.3 is 15.1 Å². The number of aliphatic imine (C=N–C) groups is 1. The number of hydrogen-bond acceptors (Lipinski definition) is 2. The number of halogens is 3. The van der Waals surface area contributed by atoms with E-state index in [1.165, 1.54) is 18.6 Å². The van der Waals surface area contributed by atoms with Crippen LogP contribution in [-0.2, 0) is 6.42 Å². The number of guanidine groups is 1. The third-order valence-corrected chi connectivity index (χ3v) is 4.99. The maximum Gasteiger partial charge on any atom is 0.193 e. The molecule has 0 bridgehead atoms. The van der Waals surface area contributed by atoms with E-state index >= 15 is 0 Å². The maximum atomic E-state index is 13.7. The summed E-state index contributed by atoms with van der Waals surface area (Å²) in [5.41, 5.74) is 0.506. The summed E-state index contributed by atoms with van der Waals surface area (Å²) in [6, 6.07) is 3.73. The van der Waals surface area contributed by atoms with Crippen molar-refractivity contribution in [3.05, 3.63) is 35.4 Å². The van der Waals surface area contributed by atoms with Crippen LogP contribution in [0.25, 0.3) is 0 Å². The lowest BCUT2D eigenvalue weighted by atomic mass is 10.1. The molecule has 1 atom stereocenters. The highest BCUT2D eigenvalue weighted by atomic mass is 127. The second kappa shape index (κ2) is 12.5. The Balaban J connectivity index is 0.00000364. The van der Waals surface area contributed by atoms with E-state index in [1.807, 2.05) is 0 Å². The minimum absolute atomic E-state index is 0. The molecule has 0 saturated carbocycles. The fourth-order valence-electron chi connectivity index (χ4n) is 3.45. The fourth-order valence-corrected chi connectivity index (χ4v) is 3.45. The summed E-state index contributed by atoms with van der Waals surface area (Å²) in [6.45, 7) is 13.1. The topological polar surface area (TPSA) is 30.9 Å². The predicted octanol–water partition coefficient (Wildman–Crippen LogP) is 3.75. The van der Waals surface area contributed by atoms with Crippen molar-refractivity contribution >= 4 is 29.9 Å². The maximum absolute atomic E-state index is 13.7. The minimum atomic E-state index is -0.542. The Kier molecular flexibility index (Phi) is 11.1. The molecule has 7 heteroatoms. The molecule has 27 heavy (non-hydrogen) atoms. The van der Waals surface area contributed by atoms with Gasteiger partial charge in [-0.2, -0.15) is 0 Å². The predicted molar refractivity (Wildman–Crippen MR) is 119 cm³/mol. The van der Waals surface area contributed by atoms with Crippen molar-refractivity contribution in [1.82, 2.24) is 15.1 Å².